The lowest BCUT2D eigenvalue weighted by Gasteiger charge is -2.47. The second kappa shape index (κ2) is 7.46. The maximum absolute atomic E-state index is 2.62. The van der Waals surface area contributed by atoms with Crippen molar-refractivity contribution in [3.05, 3.63) is 0 Å². The highest BCUT2D eigenvalue weighted by Crippen LogP contribution is 2.30. The molecular weight excluding hydrogens is 212 g/mol. The summed E-state index contributed by atoms with van der Waals surface area (Å²) in [5, 5.41) is 0. The van der Waals surface area contributed by atoms with Crippen molar-refractivity contribution in [2.45, 2.75) is 53.8 Å². The Balaban J connectivity index is 5.01. The Labute approximate surface area is 106 Å². The second-order valence-corrected chi connectivity index (χ2v) is 5.87. The van der Waals surface area contributed by atoms with E-state index in [9.17, 15) is 0 Å². The molecule has 0 aliphatic heterocycles. The van der Waals surface area contributed by atoms with E-state index < -0.39 is 0 Å². The lowest BCUT2D eigenvalue weighted by atomic mass is 9.89. The molecule has 2 nitrogen and oxygen atoms in total. The Morgan fingerprint density at radius 2 is 1.19 bits per heavy atom. The van der Waals surface area contributed by atoms with Crippen molar-refractivity contribution in [1.29, 1.82) is 0 Å². The van der Waals surface area contributed by atoms with Crippen molar-refractivity contribution in [2.24, 2.45) is 5.41 Å². The van der Waals surface area contributed by atoms with Crippen molar-refractivity contribution < 1.29 is 0 Å². The Morgan fingerprint density at radius 1 is 0.875 bits per heavy atom. The van der Waals surface area contributed by atoms with Gasteiger partial charge in [0.05, 0.1) is 6.17 Å². The standard InChI is InChI=1S/C13H32N2Si/c1-7-14(8-2)12(13(5,6)11-16)15(9-3)10-4/h12H,7-11H2,1-6,16H3. The average Bonchev–Trinajstić information content (AvgIpc) is 2.29. The van der Waals surface area contributed by atoms with E-state index in [2.05, 4.69) is 51.3 Å². The van der Waals surface area contributed by atoms with Crippen molar-refractivity contribution in [2.75, 3.05) is 26.2 Å². The zero-order valence-electron chi connectivity index (χ0n) is 12.5. The summed E-state index contributed by atoms with van der Waals surface area (Å²) in [4.78, 5) is 5.23. The molecule has 0 aromatic carbocycles. The summed E-state index contributed by atoms with van der Waals surface area (Å²) in [5.74, 6) is 0. The van der Waals surface area contributed by atoms with Gasteiger partial charge in [-0.3, -0.25) is 9.80 Å². The summed E-state index contributed by atoms with van der Waals surface area (Å²) in [5.41, 5.74) is 0.421. The van der Waals surface area contributed by atoms with Gasteiger partial charge in [0.25, 0.3) is 0 Å². The van der Waals surface area contributed by atoms with Gasteiger partial charge in [-0.2, -0.15) is 0 Å². The van der Waals surface area contributed by atoms with Crippen LogP contribution in [0.25, 0.3) is 0 Å². The highest BCUT2D eigenvalue weighted by molar-refractivity contribution is 6.09. The van der Waals surface area contributed by atoms with Crippen LogP contribution in [0.3, 0.4) is 0 Å². The minimum atomic E-state index is 0.421. The highest BCUT2D eigenvalue weighted by Gasteiger charge is 2.34. The lowest BCUT2D eigenvalue weighted by molar-refractivity contribution is -0.0196. The van der Waals surface area contributed by atoms with Crippen molar-refractivity contribution in [3.8, 4) is 0 Å². The molecule has 0 aliphatic rings. The van der Waals surface area contributed by atoms with Crippen molar-refractivity contribution >= 4 is 10.2 Å². The quantitative estimate of drug-likeness (QED) is 0.475. The van der Waals surface area contributed by atoms with Gasteiger partial charge in [0.1, 0.15) is 0 Å². The van der Waals surface area contributed by atoms with Crippen LogP contribution < -0.4 is 0 Å². The first-order valence-corrected chi connectivity index (χ1v) is 8.37. The van der Waals surface area contributed by atoms with Gasteiger partial charge in [-0.15, -0.1) is 0 Å². The van der Waals surface area contributed by atoms with Crippen molar-refractivity contribution in [3.63, 3.8) is 0 Å². The Kier molecular flexibility index (Phi) is 7.52. The van der Waals surface area contributed by atoms with E-state index in [4.69, 9.17) is 0 Å². The highest BCUT2D eigenvalue weighted by atomic mass is 28.1. The monoisotopic (exact) mass is 244 g/mol. The minimum absolute atomic E-state index is 0.421. The van der Waals surface area contributed by atoms with Gasteiger partial charge in [-0.05, 0) is 31.6 Å². The predicted octanol–water partition coefficient (Wildman–Crippen LogP) is 1.81. The van der Waals surface area contributed by atoms with Gasteiger partial charge in [0.15, 0.2) is 0 Å². The third kappa shape index (κ3) is 3.86. The molecule has 0 atom stereocenters. The smallest absolute Gasteiger partial charge is 0.0671 e. The van der Waals surface area contributed by atoms with E-state index in [0.29, 0.717) is 11.6 Å². The molecule has 0 saturated carbocycles. The third-order valence-electron chi connectivity index (χ3n) is 3.93. The maximum Gasteiger partial charge on any atom is 0.0671 e. The molecule has 0 saturated heterocycles. The Bertz CT molecular complexity index is 163. The fraction of sp³-hybridized carbons (Fsp3) is 1.00. The molecule has 0 heterocycles. The Morgan fingerprint density at radius 3 is 1.38 bits per heavy atom. The molecule has 0 unspecified atom stereocenters. The molecule has 16 heavy (non-hydrogen) atoms. The molecule has 0 fully saturated rings. The van der Waals surface area contributed by atoms with Crippen LogP contribution in [-0.4, -0.2) is 52.4 Å². The predicted molar refractivity (Wildman–Crippen MR) is 78.2 cm³/mol. The van der Waals surface area contributed by atoms with Crippen LogP contribution in [0.2, 0.25) is 6.04 Å². The van der Waals surface area contributed by atoms with Crippen LogP contribution in [0.1, 0.15) is 41.5 Å². The van der Waals surface area contributed by atoms with E-state index in [1.165, 1.54) is 16.3 Å². The second-order valence-electron chi connectivity index (χ2n) is 5.16. The van der Waals surface area contributed by atoms with E-state index in [1.807, 2.05) is 0 Å². The van der Waals surface area contributed by atoms with Crippen LogP contribution in [-0.2, 0) is 0 Å². The first-order valence-electron chi connectivity index (χ1n) is 6.96. The summed E-state index contributed by atoms with van der Waals surface area (Å²) in [6.07, 6.45) is 0.606. The first-order chi connectivity index (χ1) is 7.48. The fourth-order valence-electron chi connectivity index (χ4n) is 2.54. The van der Waals surface area contributed by atoms with Crippen LogP contribution >= 0.6 is 0 Å². The Hall–Kier alpha value is 0.137. The van der Waals surface area contributed by atoms with E-state index in [0.717, 1.165) is 26.2 Å². The van der Waals surface area contributed by atoms with Gasteiger partial charge < -0.3 is 0 Å². The minimum Gasteiger partial charge on any atom is -0.288 e. The van der Waals surface area contributed by atoms with E-state index in [-0.39, 0.29) is 0 Å². The van der Waals surface area contributed by atoms with Crippen LogP contribution in [0.4, 0.5) is 0 Å². The van der Waals surface area contributed by atoms with E-state index >= 15 is 0 Å². The molecule has 0 amide bonds. The fourth-order valence-corrected chi connectivity index (χ4v) is 2.91. The first kappa shape index (κ1) is 16.1. The maximum atomic E-state index is 2.62. The van der Waals surface area contributed by atoms with Crippen LogP contribution in [0, 0.1) is 5.41 Å². The van der Waals surface area contributed by atoms with Crippen molar-refractivity contribution in [1.82, 2.24) is 9.80 Å². The zero-order valence-corrected chi connectivity index (χ0v) is 14.5. The largest absolute Gasteiger partial charge is 0.288 e. The average molecular weight is 244 g/mol. The molecule has 0 N–H and O–H groups in total. The molecule has 0 aromatic rings. The molecule has 0 aliphatic carbocycles. The van der Waals surface area contributed by atoms with E-state index in [1.54, 1.807) is 0 Å². The van der Waals surface area contributed by atoms with Crippen LogP contribution in [0.5, 0.6) is 0 Å². The topological polar surface area (TPSA) is 6.48 Å². The zero-order chi connectivity index (χ0) is 12.8. The van der Waals surface area contributed by atoms with Gasteiger partial charge in [0, 0.05) is 10.2 Å². The normalized spacial score (nSPS) is 13.3. The van der Waals surface area contributed by atoms with Gasteiger partial charge >= 0.3 is 0 Å². The molecule has 98 valence electrons. The summed E-state index contributed by atoms with van der Waals surface area (Å²) < 4.78 is 0. The van der Waals surface area contributed by atoms with Crippen LogP contribution in [0.15, 0.2) is 0 Å². The molecule has 0 radical (unpaired) electrons. The SMILES string of the molecule is CCN(CC)C(N(CC)CC)C(C)(C)C[SiH3]. The molecule has 3 heteroatoms. The molecule has 0 aromatic heterocycles. The lowest BCUT2D eigenvalue weighted by Crippen LogP contribution is -2.55. The van der Waals surface area contributed by atoms with Gasteiger partial charge in [-0.1, -0.05) is 47.6 Å². The summed E-state index contributed by atoms with van der Waals surface area (Å²) in [7, 11) is 1.29. The summed E-state index contributed by atoms with van der Waals surface area (Å²) >= 11 is 0. The van der Waals surface area contributed by atoms with Gasteiger partial charge in [-0.25, -0.2) is 0 Å². The number of hydrogen-bond donors (Lipinski definition) is 0. The number of nitrogens with zero attached hydrogens (tertiary/aromatic N) is 2. The summed E-state index contributed by atoms with van der Waals surface area (Å²) in [6, 6.07) is 1.37. The summed E-state index contributed by atoms with van der Waals surface area (Å²) in [6.45, 7) is 18.6. The molecule has 0 rings (SSSR count). The number of rotatable bonds is 8. The third-order valence-corrected chi connectivity index (χ3v) is 5.75. The van der Waals surface area contributed by atoms with Gasteiger partial charge in [0.2, 0.25) is 0 Å². The molecule has 0 bridgehead atoms. The molecule has 0 spiro atoms. The molecular formula is C13H32N2Si. The number of hydrogen-bond acceptors (Lipinski definition) is 2.